The first-order chi connectivity index (χ1) is 12.7. The van der Waals surface area contributed by atoms with Crippen molar-refractivity contribution in [3.8, 4) is 0 Å². The minimum Gasteiger partial charge on any atom is -0.354 e. The predicted octanol–water partition coefficient (Wildman–Crippen LogP) is 4.32. The second-order valence-corrected chi connectivity index (χ2v) is 9.87. The molecule has 2 rings (SSSR count). The van der Waals surface area contributed by atoms with Crippen LogP contribution >= 0.6 is 46.6 Å². The third-order valence-electron chi connectivity index (χ3n) is 3.37. The lowest BCUT2D eigenvalue weighted by atomic mass is 10.3. The molecular weight excluding hydrogens is 451 g/mol. The van der Waals surface area contributed by atoms with E-state index in [-0.39, 0.29) is 17.3 Å². The van der Waals surface area contributed by atoms with Crippen LogP contribution in [-0.4, -0.2) is 39.4 Å². The first-order valence-electron chi connectivity index (χ1n) is 7.74. The highest BCUT2D eigenvalue weighted by Crippen LogP contribution is 2.30. The molecule has 0 saturated heterocycles. The molecule has 1 amide bonds. The highest BCUT2D eigenvalue weighted by molar-refractivity contribution is 7.99. The van der Waals surface area contributed by atoms with Gasteiger partial charge in [-0.25, -0.2) is 8.42 Å². The molecule has 0 aromatic heterocycles. The van der Waals surface area contributed by atoms with E-state index in [2.05, 4.69) is 5.32 Å². The molecule has 27 heavy (non-hydrogen) atoms. The van der Waals surface area contributed by atoms with E-state index in [9.17, 15) is 13.2 Å². The van der Waals surface area contributed by atoms with Crippen LogP contribution in [0.3, 0.4) is 0 Å². The zero-order chi connectivity index (χ0) is 20.0. The van der Waals surface area contributed by atoms with Crippen molar-refractivity contribution in [2.45, 2.75) is 4.90 Å². The van der Waals surface area contributed by atoms with Crippen LogP contribution < -0.4 is 9.62 Å². The van der Waals surface area contributed by atoms with Crippen LogP contribution in [0.4, 0.5) is 5.69 Å². The summed E-state index contributed by atoms with van der Waals surface area (Å²) in [6.07, 6.45) is 1.01. The van der Waals surface area contributed by atoms with Crippen LogP contribution in [0.25, 0.3) is 0 Å². The molecule has 0 bridgehead atoms. The highest BCUT2D eigenvalue weighted by atomic mass is 35.5. The lowest BCUT2D eigenvalue weighted by molar-refractivity contribution is -0.119. The number of thioether (sulfide) groups is 1. The van der Waals surface area contributed by atoms with E-state index in [0.29, 0.717) is 22.3 Å². The minimum absolute atomic E-state index is 0.164. The van der Waals surface area contributed by atoms with Crippen LogP contribution in [0.15, 0.2) is 47.4 Å². The molecule has 0 unspecified atom stereocenters. The molecule has 0 saturated carbocycles. The van der Waals surface area contributed by atoms with Gasteiger partial charge in [0.1, 0.15) is 6.54 Å². The molecular formula is C17H17Cl3N2O3S2. The van der Waals surface area contributed by atoms with Gasteiger partial charge in [-0.2, -0.15) is 0 Å². The quantitative estimate of drug-likeness (QED) is 0.464. The van der Waals surface area contributed by atoms with Crippen LogP contribution in [-0.2, 0) is 14.8 Å². The number of nitrogens with one attached hydrogen (secondary N) is 1. The van der Waals surface area contributed by atoms with E-state index in [4.69, 9.17) is 34.8 Å². The van der Waals surface area contributed by atoms with Gasteiger partial charge in [0.25, 0.3) is 0 Å². The zero-order valence-corrected chi connectivity index (χ0v) is 18.2. The van der Waals surface area contributed by atoms with E-state index < -0.39 is 15.9 Å². The molecule has 10 heteroatoms. The summed E-state index contributed by atoms with van der Waals surface area (Å²) in [6, 6.07) is 11.8. The van der Waals surface area contributed by atoms with Gasteiger partial charge < -0.3 is 5.32 Å². The molecule has 0 spiro atoms. The van der Waals surface area contributed by atoms with Crippen molar-refractivity contribution in [1.82, 2.24) is 5.32 Å². The van der Waals surface area contributed by atoms with E-state index in [1.165, 1.54) is 12.1 Å². The van der Waals surface area contributed by atoms with E-state index in [0.717, 1.165) is 15.5 Å². The number of sulfonamides is 1. The van der Waals surface area contributed by atoms with Gasteiger partial charge in [0.15, 0.2) is 0 Å². The average molecular weight is 468 g/mol. The second kappa shape index (κ2) is 9.89. The lowest BCUT2D eigenvalue weighted by Crippen LogP contribution is -2.41. The molecule has 0 aliphatic rings. The molecule has 0 fully saturated rings. The SMILES string of the molecule is CS(=O)(=O)N(CC(=O)NCCSc1ccc(Cl)cc1)c1cc(Cl)ccc1Cl. The van der Waals surface area contributed by atoms with Gasteiger partial charge in [-0.05, 0) is 42.5 Å². The first-order valence-corrected chi connectivity index (χ1v) is 11.7. The van der Waals surface area contributed by atoms with Crippen molar-refractivity contribution in [1.29, 1.82) is 0 Å². The lowest BCUT2D eigenvalue weighted by Gasteiger charge is -2.23. The third kappa shape index (κ3) is 7.08. The maximum Gasteiger partial charge on any atom is 0.240 e. The molecule has 146 valence electrons. The van der Waals surface area contributed by atoms with Gasteiger partial charge in [-0.1, -0.05) is 34.8 Å². The van der Waals surface area contributed by atoms with Gasteiger partial charge in [-0.15, -0.1) is 11.8 Å². The number of anilines is 1. The Bertz CT molecular complexity index is 906. The smallest absolute Gasteiger partial charge is 0.240 e. The van der Waals surface area contributed by atoms with Crippen molar-refractivity contribution >= 4 is 68.2 Å². The van der Waals surface area contributed by atoms with Gasteiger partial charge in [-0.3, -0.25) is 9.10 Å². The topological polar surface area (TPSA) is 66.5 Å². The predicted molar refractivity (Wildman–Crippen MR) is 114 cm³/mol. The summed E-state index contributed by atoms with van der Waals surface area (Å²) in [5, 5.41) is 3.88. The van der Waals surface area contributed by atoms with Gasteiger partial charge in [0.2, 0.25) is 15.9 Å². The van der Waals surface area contributed by atoms with E-state index in [1.54, 1.807) is 30.0 Å². The van der Waals surface area contributed by atoms with Gasteiger partial charge in [0.05, 0.1) is 17.0 Å². The molecule has 0 aliphatic heterocycles. The molecule has 1 N–H and O–H groups in total. The van der Waals surface area contributed by atoms with Crippen molar-refractivity contribution < 1.29 is 13.2 Å². The Balaban J connectivity index is 1.94. The van der Waals surface area contributed by atoms with Crippen molar-refractivity contribution in [2.24, 2.45) is 0 Å². The Morgan fingerprint density at radius 2 is 1.70 bits per heavy atom. The Morgan fingerprint density at radius 3 is 2.33 bits per heavy atom. The number of halogens is 3. The van der Waals surface area contributed by atoms with Gasteiger partial charge in [0, 0.05) is 27.2 Å². The Kier molecular flexibility index (Phi) is 8.12. The Morgan fingerprint density at radius 1 is 1.07 bits per heavy atom. The zero-order valence-electron chi connectivity index (χ0n) is 14.3. The average Bonchev–Trinajstić information content (AvgIpc) is 2.59. The fourth-order valence-electron chi connectivity index (χ4n) is 2.13. The molecule has 0 atom stereocenters. The van der Waals surface area contributed by atoms with Crippen molar-refractivity contribution in [2.75, 3.05) is 29.4 Å². The summed E-state index contributed by atoms with van der Waals surface area (Å²) >= 11 is 19.4. The fraction of sp³-hybridized carbons (Fsp3) is 0.235. The van der Waals surface area contributed by atoms with Crippen LogP contribution in [0, 0.1) is 0 Å². The first kappa shape index (κ1) is 22.2. The number of carbonyl (C=O) groups is 1. The number of nitrogens with zero attached hydrogens (tertiary/aromatic N) is 1. The summed E-state index contributed by atoms with van der Waals surface area (Å²) in [4.78, 5) is 13.2. The van der Waals surface area contributed by atoms with Crippen molar-refractivity contribution in [3.63, 3.8) is 0 Å². The highest BCUT2D eigenvalue weighted by Gasteiger charge is 2.23. The van der Waals surface area contributed by atoms with Crippen LogP contribution in [0.1, 0.15) is 0 Å². The molecule has 0 heterocycles. The largest absolute Gasteiger partial charge is 0.354 e. The van der Waals surface area contributed by atoms with E-state index >= 15 is 0 Å². The van der Waals surface area contributed by atoms with E-state index in [1.807, 2.05) is 12.1 Å². The van der Waals surface area contributed by atoms with Crippen LogP contribution in [0.2, 0.25) is 15.1 Å². The molecule has 0 aliphatic carbocycles. The monoisotopic (exact) mass is 466 g/mol. The minimum atomic E-state index is -3.72. The molecule has 0 radical (unpaired) electrons. The normalized spacial score (nSPS) is 11.3. The number of carbonyl (C=O) groups excluding carboxylic acids is 1. The number of rotatable bonds is 8. The summed E-state index contributed by atoms with van der Waals surface area (Å²) in [6.45, 7) is -0.00247. The number of hydrogen-bond acceptors (Lipinski definition) is 4. The number of benzene rings is 2. The second-order valence-electron chi connectivity index (χ2n) is 5.52. The molecule has 5 nitrogen and oxygen atoms in total. The maximum atomic E-state index is 12.2. The maximum absolute atomic E-state index is 12.2. The summed E-state index contributed by atoms with van der Waals surface area (Å²) < 4.78 is 25.1. The fourth-order valence-corrected chi connectivity index (χ4v) is 4.32. The van der Waals surface area contributed by atoms with Gasteiger partial charge >= 0.3 is 0 Å². The van der Waals surface area contributed by atoms with Crippen molar-refractivity contribution in [3.05, 3.63) is 57.5 Å². The standard InChI is InChI=1S/C17H17Cl3N2O3S2/c1-27(24,25)22(16-10-13(19)4-7-15(16)20)11-17(23)21-8-9-26-14-5-2-12(18)3-6-14/h2-7,10H,8-9,11H2,1H3,(H,21,23). The summed E-state index contributed by atoms with van der Waals surface area (Å²) in [7, 11) is -3.72. The summed E-state index contributed by atoms with van der Waals surface area (Å²) in [5.74, 6) is 0.192. The third-order valence-corrected chi connectivity index (χ3v) is 6.32. The Labute approximate surface area is 178 Å². The summed E-state index contributed by atoms with van der Waals surface area (Å²) in [5.41, 5.74) is 0.164. The molecule has 2 aromatic carbocycles. The number of hydrogen-bond donors (Lipinski definition) is 1. The van der Waals surface area contributed by atoms with Crippen LogP contribution in [0.5, 0.6) is 0 Å². The number of amides is 1. The molecule has 2 aromatic rings. The Hall–Kier alpha value is -1.12.